The Hall–Kier alpha value is -3.08. The molecule has 1 saturated carbocycles. The Morgan fingerprint density at radius 2 is 2.14 bits per heavy atom. The number of halogens is 1. The number of benzene rings is 1. The average Bonchev–Trinajstić information content (AvgIpc) is 3.51. The van der Waals surface area contributed by atoms with Crippen LogP contribution in [0.25, 0.3) is 10.9 Å². The highest BCUT2D eigenvalue weighted by atomic mass is 35.5. The molecule has 2 aliphatic rings. The summed E-state index contributed by atoms with van der Waals surface area (Å²) in [6.07, 6.45) is 4.01. The third kappa shape index (κ3) is 5.61. The zero-order chi connectivity index (χ0) is 26.1. The number of H-pyrrole nitrogens is 1. The van der Waals surface area contributed by atoms with Gasteiger partial charge in [-0.15, -0.1) is 11.3 Å². The number of carbonyl (C=O) groups excluding carboxylic acids is 3. The zero-order valence-electron chi connectivity index (χ0n) is 20.6. The first-order valence-corrected chi connectivity index (χ1v) is 13.4. The van der Waals surface area contributed by atoms with E-state index in [1.54, 1.807) is 24.4 Å². The van der Waals surface area contributed by atoms with Crippen LogP contribution >= 0.6 is 22.9 Å². The lowest BCUT2D eigenvalue weighted by molar-refractivity contribution is -0.147. The molecule has 1 aliphatic heterocycles. The SMILES string of the molecule is COC(=O)[C@H]1CCC(C=NC(=O)c2nc3c(s2)CN(C)CC3)[C@@H](NC(=O)c2cc3cc(Cl)ccc3[nH]2)C1. The lowest BCUT2D eigenvalue weighted by Crippen LogP contribution is -2.46. The molecule has 2 aromatic heterocycles. The minimum atomic E-state index is -0.393. The van der Waals surface area contributed by atoms with Crippen LogP contribution in [0.15, 0.2) is 29.3 Å². The first-order chi connectivity index (χ1) is 17.8. The molecular weight excluding hydrogens is 514 g/mol. The van der Waals surface area contributed by atoms with E-state index >= 15 is 0 Å². The summed E-state index contributed by atoms with van der Waals surface area (Å²) in [7, 11) is 3.41. The third-order valence-corrected chi connectivity index (χ3v) is 8.38. The second-order valence-electron chi connectivity index (χ2n) is 9.65. The standard InChI is InChI=1S/C26H28ClN5O4S/c1-32-8-7-19-22(13-32)37-25(31-19)24(34)28-12-15-4-3-14(26(35)36-2)10-20(15)30-23(33)21-11-16-9-17(27)5-6-18(16)29-21/h5-6,9,11-12,14-15,20,29H,3-4,7-8,10,13H2,1-2H3,(H,30,33)/t14-,15?,20-/m0/s1. The second kappa shape index (κ2) is 10.7. The van der Waals surface area contributed by atoms with Gasteiger partial charge in [-0.2, -0.15) is 0 Å². The van der Waals surface area contributed by atoms with Crippen molar-refractivity contribution in [3.8, 4) is 0 Å². The van der Waals surface area contributed by atoms with E-state index in [-0.39, 0.29) is 29.6 Å². The number of hydrogen-bond acceptors (Lipinski definition) is 7. The number of aliphatic imine (C=N–C) groups is 1. The van der Waals surface area contributed by atoms with Crippen molar-refractivity contribution < 1.29 is 19.1 Å². The highest BCUT2D eigenvalue weighted by Crippen LogP contribution is 2.30. The number of aromatic amines is 1. The van der Waals surface area contributed by atoms with E-state index in [1.165, 1.54) is 18.4 Å². The zero-order valence-corrected chi connectivity index (χ0v) is 22.2. The van der Waals surface area contributed by atoms with Gasteiger partial charge in [0.15, 0.2) is 5.01 Å². The van der Waals surface area contributed by atoms with Crippen molar-refractivity contribution >= 4 is 57.8 Å². The van der Waals surface area contributed by atoms with Crippen molar-refractivity contribution in [3.05, 3.63) is 50.6 Å². The molecule has 5 rings (SSSR count). The topological polar surface area (TPSA) is 117 Å². The lowest BCUT2D eigenvalue weighted by Gasteiger charge is -2.33. The number of rotatable bonds is 5. The first kappa shape index (κ1) is 25.6. The van der Waals surface area contributed by atoms with Crippen LogP contribution in [-0.4, -0.2) is 65.6 Å². The summed E-state index contributed by atoms with van der Waals surface area (Å²) in [6.45, 7) is 1.71. The van der Waals surface area contributed by atoms with Gasteiger partial charge in [0.1, 0.15) is 5.69 Å². The minimum Gasteiger partial charge on any atom is -0.469 e. The molecule has 37 heavy (non-hydrogen) atoms. The molecule has 0 spiro atoms. The summed E-state index contributed by atoms with van der Waals surface area (Å²) < 4.78 is 4.95. The van der Waals surface area contributed by atoms with Crippen molar-refractivity contribution in [2.24, 2.45) is 16.8 Å². The Bertz CT molecular complexity index is 1380. The number of esters is 1. The summed E-state index contributed by atoms with van der Waals surface area (Å²) in [5.74, 6) is -1.53. The fourth-order valence-corrected chi connectivity index (χ4v) is 6.28. The van der Waals surface area contributed by atoms with Crippen LogP contribution in [0.2, 0.25) is 5.02 Å². The van der Waals surface area contributed by atoms with Crippen molar-refractivity contribution in [2.45, 2.75) is 38.3 Å². The third-order valence-electron chi connectivity index (χ3n) is 7.07. The number of fused-ring (bicyclic) bond motifs is 2. The summed E-state index contributed by atoms with van der Waals surface area (Å²) in [4.78, 5) is 53.4. The maximum absolute atomic E-state index is 13.1. The quantitative estimate of drug-likeness (QED) is 0.374. The molecular formula is C26H28ClN5O4S. The number of aromatic nitrogens is 2. The number of ether oxygens (including phenoxy) is 1. The highest BCUT2D eigenvalue weighted by Gasteiger charge is 2.35. The molecule has 1 aliphatic carbocycles. The van der Waals surface area contributed by atoms with Crippen LogP contribution in [0.4, 0.5) is 0 Å². The van der Waals surface area contributed by atoms with Gasteiger partial charge in [-0.1, -0.05) is 11.6 Å². The molecule has 3 heterocycles. The molecule has 194 valence electrons. The van der Waals surface area contributed by atoms with Crippen LogP contribution in [0.3, 0.4) is 0 Å². The van der Waals surface area contributed by atoms with Crippen molar-refractivity contribution in [1.29, 1.82) is 0 Å². The number of nitrogens with zero attached hydrogens (tertiary/aromatic N) is 3. The van der Waals surface area contributed by atoms with E-state index in [1.807, 2.05) is 13.1 Å². The smallest absolute Gasteiger partial charge is 0.308 e. The summed E-state index contributed by atoms with van der Waals surface area (Å²) >= 11 is 7.47. The maximum atomic E-state index is 13.1. The van der Waals surface area contributed by atoms with Gasteiger partial charge in [0, 0.05) is 58.5 Å². The molecule has 0 bridgehead atoms. The largest absolute Gasteiger partial charge is 0.469 e. The van der Waals surface area contributed by atoms with Crippen LogP contribution in [0.5, 0.6) is 0 Å². The van der Waals surface area contributed by atoms with Gasteiger partial charge >= 0.3 is 11.9 Å². The van der Waals surface area contributed by atoms with E-state index in [4.69, 9.17) is 16.3 Å². The van der Waals surface area contributed by atoms with Crippen LogP contribution in [0, 0.1) is 11.8 Å². The van der Waals surface area contributed by atoms with Crippen LogP contribution in [-0.2, 0) is 22.5 Å². The molecule has 0 saturated heterocycles. The Morgan fingerprint density at radius 3 is 2.95 bits per heavy atom. The Labute approximate surface area is 223 Å². The van der Waals surface area contributed by atoms with E-state index < -0.39 is 6.04 Å². The van der Waals surface area contributed by atoms with Crippen LogP contribution in [0.1, 0.15) is 50.1 Å². The fraction of sp³-hybridized carbons (Fsp3) is 0.423. The maximum Gasteiger partial charge on any atom is 0.308 e. The number of methoxy groups -OCH3 is 1. The second-order valence-corrected chi connectivity index (χ2v) is 11.2. The lowest BCUT2D eigenvalue weighted by atomic mass is 9.78. The monoisotopic (exact) mass is 541 g/mol. The molecule has 11 heteroatoms. The molecule has 0 radical (unpaired) electrons. The van der Waals surface area contributed by atoms with Gasteiger partial charge in [0.2, 0.25) is 0 Å². The molecule has 1 aromatic carbocycles. The molecule has 1 unspecified atom stereocenters. The van der Waals surface area contributed by atoms with Crippen molar-refractivity contribution in [3.63, 3.8) is 0 Å². The van der Waals surface area contributed by atoms with Gasteiger partial charge in [0.25, 0.3) is 5.91 Å². The van der Waals surface area contributed by atoms with Crippen LogP contribution < -0.4 is 5.32 Å². The predicted molar refractivity (Wildman–Crippen MR) is 142 cm³/mol. The molecule has 9 nitrogen and oxygen atoms in total. The van der Waals surface area contributed by atoms with Gasteiger partial charge in [-0.3, -0.25) is 14.4 Å². The number of thiazole rings is 1. The van der Waals surface area contributed by atoms with Gasteiger partial charge < -0.3 is 19.9 Å². The van der Waals surface area contributed by atoms with Crippen molar-refractivity contribution in [2.75, 3.05) is 20.7 Å². The first-order valence-electron chi connectivity index (χ1n) is 12.2. The molecule has 3 atom stereocenters. The molecule has 2 amide bonds. The number of nitrogens with one attached hydrogen (secondary N) is 2. The summed E-state index contributed by atoms with van der Waals surface area (Å²) in [6, 6.07) is 6.71. The minimum absolute atomic E-state index is 0.214. The number of carbonyl (C=O) groups is 3. The van der Waals surface area contributed by atoms with E-state index in [0.717, 1.165) is 41.0 Å². The Balaban J connectivity index is 1.32. The number of amides is 2. The molecule has 1 fully saturated rings. The van der Waals surface area contributed by atoms with E-state index in [0.29, 0.717) is 35.0 Å². The van der Waals surface area contributed by atoms with Gasteiger partial charge in [-0.05, 0) is 50.6 Å². The van der Waals surface area contributed by atoms with E-state index in [2.05, 4.69) is 25.2 Å². The van der Waals surface area contributed by atoms with E-state index in [9.17, 15) is 14.4 Å². The molecule has 3 aromatic rings. The van der Waals surface area contributed by atoms with Gasteiger partial charge in [-0.25, -0.2) is 9.98 Å². The average molecular weight is 542 g/mol. The summed E-state index contributed by atoms with van der Waals surface area (Å²) in [5, 5.41) is 4.84. The summed E-state index contributed by atoms with van der Waals surface area (Å²) in [5.41, 5.74) is 2.17. The number of hydrogen-bond donors (Lipinski definition) is 2. The van der Waals surface area contributed by atoms with Gasteiger partial charge in [0.05, 0.1) is 18.7 Å². The fourth-order valence-electron chi connectivity index (χ4n) is 5.02. The number of likely N-dealkylation sites (N-methyl/N-ethyl adjacent to an activating group) is 1. The van der Waals surface area contributed by atoms with Crippen molar-refractivity contribution in [1.82, 2.24) is 20.2 Å². The highest BCUT2D eigenvalue weighted by molar-refractivity contribution is 7.13. The normalized spacial score (nSPS) is 22.2. The molecule has 2 N–H and O–H groups in total. The Kier molecular flexibility index (Phi) is 7.41. The predicted octanol–water partition coefficient (Wildman–Crippen LogP) is 3.86. The Morgan fingerprint density at radius 1 is 1.30 bits per heavy atom.